The van der Waals surface area contributed by atoms with Crippen molar-refractivity contribution in [3.8, 4) is 0 Å². The fourth-order valence-corrected chi connectivity index (χ4v) is 3.83. The van der Waals surface area contributed by atoms with Gasteiger partial charge >= 0.3 is 0 Å². The van der Waals surface area contributed by atoms with Gasteiger partial charge in [-0.3, -0.25) is 9.20 Å². The number of nitrogens with zero attached hydrogens (tertiary/aromatic N) is 2. The van der Waals surface area contributed by atoms with Crippen LogP contribution in [0, 0.1) is 0 Å². The fraction of sp³-hybridized carbons (Fsp3) is 0.600. The first-order valence-electron chi connectivity index (χ1n) is 7.16. The number of hydrogen-bond acceptors (Lipinski definition) is 5. The Hall–Kier alpha value is -1.24. The van der Waals surface area contributed by atoms with Gasteiger partial charge in [0, 0.05) is 30.2 Å². The van der Waals surface area contributed by atoms with Crippen LogP contribution in [0.15, 0.2) is 22.4 Å². The average Bonchev–Trinajstić information content (AvgIpc) is 2.88. The van der Waals surface area contributed by atoms with E-state index in [9.17, 15) is 4.79 Å². The Kier molecular flexibility index (Phi) is 3.43. The molecular weight excluding hydrogens is 286 g/mol. The van der Waals surface area contributed by atoms with Crippen molar-refractivity contribution in [2.24, 2.45) is 0 Å². The Morgan fingerprint density at radius 1 is 1.48 bits per heavy atom. The van der Waals surface area contributed by atoms with Crippen LogP contribution >= 0.6 is 11.3 Å². The summed E-state index contributed by atoms with van der Waals surface area (Å²) in [6.07, 6.45) is 2.70. The Morgan fingerprint density at radius 2 is 2.24 bits per heavy atom. The van der Waals surface area contributed by atoms with E-state index in [0.717, 1.165) is 17.1 Å². The van der Waals surface area contributed by atoms with Gasteiger partial charge in [0.25, 0.3) is 5.56 Å². The first-order chi connectivity index (χ1) is 9.77. The molecule has 21 heavy (non-hydrogen) atoms. The predicted octanol–water partition coefficient (Wildman–Crippen LogP) is 2.19. The highest BCUT2D eigenvalue weighted by Crippen LogP contribution is 2.37. The van der Waals surface area contributed by atoms with E-state index in [0.29, 0.717) is 6.54 Å². The molecule has 5 nitrogen and oxygen atoms in total. The minimum Gasteiger partial charge on any atom is -0.368 e. The summed E-state index contributed by atoms with van der Waals surface area (Å²) in [6.45, 7) is 9.00. The number of fused-ring (bicyclic) bond motifs is 1. The largest absolute Gasteiger partial charge is 0.368 e. The summed E-state index contributed by atoms with van der Waals surface area (Å²) in [4.78, 5) is 17.2. The maximum Gasteiger partial charge on any atom is 0.258 e. The summed E-state index contributed by atoms with van der Waals surface area (Å²) in [5.41, 5.74) is 0.417. The summed E-state index contributed by atoms with van der Waals surface area (Å²) >= 11 is 1.47. The normalized spacial score (nSPS) is 23.7. The molecule has 1 aliphatic rings. The van der Waals surface area contributed by atoms with Crippen molar-refractivity contribution in [3.05, 3.63) is 33.7 Å². The van der Waals surface area contributed by atoms with Crippen LogP contribution in [0.3, 0.4) is 0 Å². The fourth-order valence-electron chi connectivity index (χ4n) is 3.09. The van der Waals surface area contributed by atoms with Gasteiger partial charge in [-0.1, -0.05) is 0 Å². The first-order valence-corrected chi connectivity index (χ1v) is 8.04. The molecule has 0 amide bonds. The molecule has 1 aliphatic heterocycles. The second-order valence-electron chi connectivity index (χ2n) is 6.74. The number of aromatic nitrogens is 2. The number of thiazole rings is 1. The van der Waals surface area contributed by atoms with Crippen LogP contribution < -0.4 is 10.9 Å². The van der Waals surface area contributed by atoms with Crippen LogP contribution in [0.4, 0.5) is 0 Å². The first kappa shape index (κ1) is 14.7. The van der Waals surface area contributed by atoms with Crippen LogP contribution in [0.1, 0.15) is 39.8 Å². The van der Waals surface area contributed by atoms with Crippen molar-refractivity contribution in [2.75, 3.05) is 0 Å². The smallest absolute Gasteiger partial charge is 0.258 e. The maximum absolute atomic E-state index is 12.0. The highest BCUT2D eigenvalue weighted by atomic mass is 32.1. The number of nitrogens with one attached hydrogen (secondary N) is 1. The SMILES string of the molecule is CC1(C)C[C@H](NCc2cc(=O)n3ccsc3n2)C(C)(C)O1. The lowest BCUT2D eigenvalue weighted by atomic mass is 9.94. The Bertz CT molecular complexity index is 717. The minimum atomic E-state index is -0.217. The highest BCUT2D eigenvalue weighted by molar-refractivity contribution is 7.15. The Labute approximate surface area is 128 Å². The van der Waals surface area contributed by atoms with Crippen LogP contribution in [-0.4, -0.2) is 26.6 Å². The second kappa shape index (κ2) is 4.90. The summed E-state index contributed by atoms with van der Waals surface area (Å²) < 4.78 is 7.64. The summed E-state index contributed by atoms with van der Waals surface area (Å²) in [5.74, 6) is 0. The molecule has 0 spiro atoms. The maximum atomic E-state index is 12.0. The molecule has 0 saturated carbocycles. The van der Waals surface area contributed by atoms with Crippen molar-refractivity contribution in [3.63, 3.8) is 0 Å². The molecule has 0 aliphatic carbocycles. The molecule has 114 valence electrons. The van der Waals surface area contributed by atoms with Gasteiger partial charge in [0.1, 0.15) is 0 Å². The lowest BCUT2D eigenvalue weighted by molar-refractivity contribution is -0.0699. The van der Waals surface area contributed by atoms with E-state index in [1.807, 2.05) is 5.38 Å². The van der Waals surface area contributed by atoms with Crippen molar-refractivity contribution >= 4 is 16.3 Å². The molecular formula is C15H21N3O2S. The van der Waals surface area contributed by atoms with Crippen LogP contribution in [0.5, 0.6) is 0 Å². The van der Waals surface area contributed by atoms with Crippen LogP contribution in [0.25, 0.3) is 4.96 Å². The van der Waals surface area contributed by atoms with Crippen LogP contribution in [-0.2, 0) is 11.3 Å². The molecule has 6 heteroatoms. The molecule has 2 aromatic rings. The average molecular weight is 307 g/mol. The van der Waals surface area contributed by atoms with Gasteiger partial charge in [-0.2, -0.15) is 0 Å². The molecule has 0 aromatic carbocycles. The van der Waals surface area contributed by atoms with E-state index in [-0.39, 0.29) is 22.8 Å². The molecule has 2 aromatic heterocycles. The molecule has 1 N–H and O–H groups in total. The van der Waals surface area contributed by atoms with Gasteiger partial charge in [-0.15, -0.1) is 11.3 Å². The second-order valence-corrected chi connectivity index (χ2v) is 7.62. The third kappa shape index (κ3) is 2.88. The monoisotopic (exact) mass is 307 g/mol. The predicted molar refractivity (Wildman–Crippen MR) is 83.8 cm³/mol. The topological polar surface area (TPSA) is 55.6 Å². The van der Waals surface area contributed by atoms with Crippen molar-refractivity contribution in [2.45, 2.75) is 57.9 Å². The number of hydrogen-bond donors (Lipinski definition) is 1. The van der Waals surface area contributed by atoms with Gasteiger partial charge in [-0.25, -0.2) is 4.98 Å². The third-order valence-corrected chi connectivity index (χ3v) is 4.72. The summed E-state index contributed by atoms with van der Waals surface area (Å²) in [6, 6.07) is 1.84. The van der Waals surface area contributed by atoms with E-state index in [1.165, 1.54) is 11.3 Å². The number of rotatable bonds is 3. The Morgan fingerprint density at radius 3 is 2.90 bits per heavy atom. The van der Waals surface area contributed by atoms with Gasteiger partial charge in [0.15, 0.2) is 4.96 Å². The van der Waals surface area contributed by atoms with E-state index < -0.39 is 0 Å². The number of ether oxygens (including phenoxy) is 1. The summed E-state index contributed by atoms with van der Waals surface area (Å²) in [5, 5.41) is 5.37. The lowest BCUT2D eigenvalue weighted by Crippen LogP contribution is -2.43. The van der Waals surface area contributed by atoms with Gasteiger partial charge in [0.2, 0.25) is 0 Å². The Balaban J connectivity index is 1.76. The molecule has 3 heterocycles. The van der Waals surface area contributed by atoms with Crippen molar-refractivity contribution < 1.29 is 4.74 Å². The highest BCUT2D eigenvalue weighted by Gasteiger charge is 2.45. The van der Waals surface area contributed by atoms with Gasteiger partial charge < -0.3 is 10.1 Å². The standard InChI is InChI=1S/C15H21N3O2S/c1-14(2)8-11(15(3,4)20-14)16-9-10-7-12(19)18-5-6-21-13(18)17-10/h5-7,11,16H,8-9H2,1-4H3/t11-/m0/s1. The van der Waals surface area contributed by atoms with Crippen molar-refractivity contribution in [1.29, 1.82) is 0 Å². The molecule has 1 saturated heterocycles. The van der Waals surface area contributed by atoms with Crippen molar-refractivity contribution in [1.82, 2.24) is 14.7 Å². The van der Waals surface area contributed by atoms with E-state index in [2.05, 4.69) is 38.0 Å². The van der Waals surface area contributed by atoms with Crippen LogP contribution in [0.2, 0.25) is 0 Å². The molecule has 0 bridgehead atoms. The summed E-state index contributed by atoms with van der Waals surface area (Å²) in [7, 11) is 0. The third-order valence-electron chi connectivity index (χ3n) is 3.96. The zero-order valence-electron chi connectivity index (χ0n) is 12.8. The zero-order valence-corrected chi connectivity index (χ0v) is 13.7. The quantitative estimate of drug-likeness (QED) is 0.944. The lowest BCUT2D eigenvalue weighted by Gasteiger charge is -2.27. The van der Waals surface area contributed by atoms with Gasteiger partial charge in [0.05, 0.1) is 16.9 Å². The van der Waals surface area contributed by atoms with E-state index >= 15 is 0 Å². The minimum absolute atomic E-state index is 0.0275. The van der Waals surface area contributed by atoms with Gasteiger partial charge in [-0.05, 0) is 34.1 Å². The molecule has 0 unspecified atom stereocenters. The molecule has 1 fully saturated rings. The van der Waals surface area contributed by atoms with E-state index in [4.69, 9.17) is 4.74 Å². The zero-order chi connectivity index (χ0) is 15.3. The molecule has 3 rings (SSSR count). The molecule has 1 atom stereocenters. The van der Waals surface area contributed by atoms with E-state index in [1.54, 1.807) is 16.7 Å². The molecule has 0 radical (unpaired) electrons.